The van der Waals surface area contributed by atoms with Gasteiger partial charge < -0.3 is 14.9 Å². The molecular weight excluding hydrogens is 675 g/mol. The molecule has 0 radical (unpaired) electrons. The van der Waals surface area contributed by atoms with E-state index >= 15 is 0 Å². The Kier molecular flexibility index (Phi) is 11.5. The molecule has 0 unspecified atom stereocenters. The third-order valence-electron chi connectivity index (χ3n) is 8.48. The van der Waals surface area contributed by atoms with Crippen molar-refractivity contribution in [2.75, 3.05) is 0 Å². The molecular formula is C39H42HfSi. The summed E-state index contributed by atoms with van der Waals surface area (Å²) >= 11 is 0. The zero-order chi connectivity index (χ0) is 26.0. The first-order valence-electron chi connectivity index (χ1n) is 14.2. The van der Waals surface area contributed by atoms with Crippen molar-refractivity contribution in [3.05, 3.63) is 136 Å². The molecule has 0 amide bonds. The molecule has 0 saturated heterocycles. The molecule has 0 atom stereocenters. The van der Waals surface area contributed by atoms with Crippen molar-refractivity contribution in [2.45, 2.75) is 45.2 Å². The quantitative estimate of drug-likeness (QED) is 0.0794. The predicted molar refractivity (Wildman–Crippen MR) is 183 cm³/mol. The zero-order valence-electron chi connectivity index (χ0n) is 25.1. The van der Waals surface area contributed by atoms with E-state index in [4.69, 9.17) is 0 Å². The molecule has 0 nitrogen and oxygen atoms in total. The summed E-state index contributed by atoms with van der Waals surface area (Å²) in [6.45, 7) is 4.92. The summed E-state index contributed by atoms with van der Waals surface area (Å²) in [5.41, 5.74) is 5.28. The molecule has 206 valence electrons. The fourth-order valence-corrected chi connectivity index (χ4v) is 9.95. The number of rotatable bonds is 9. The third-order valence-corrected chi connectivity index (χ3v) is 13.0. The first kappa shape index (κ1) is 32.7. The van der Waals surface area contributed by atoms with Crippen LogP contribution in [0.5, 0.6) is 0 Å². The van der Waals surface area contributed by atoms with Crippen LogP contribution in [-0.4, -0.2) is 8.07 Å². The van der Waals surface area contributed by atoms with Crippen molar-refractivity contribution in [3.8, 4) is 22.3 Å². The van der Waals surface area contributed by atoms with Crippen molar-refractivity contribution in [3.63, 3.8) is 0 Å². The second kappa shape index (κ2) is 14.4. The van der Waals surface area contributed by atoms with Crippen LogP contribution < -0.4 is 10.4 Å². The molecule has 0 aliphatic carbocycles. The van der Waals surface area contributed by atoms with Crippen LogP contribution in [0.3, 0.4) is 0 Å². The third kappa shape index (κ3) is 6.50. The van der Waals surface area contributed by atoms with Gasteiger partial charge in [-0.25, -0.2) is 0 Å². The van der Waals surface area contributed by atoms with Gasteiger partial charge >= 0.3 is 25.8 Å². The Morgan fingerprint density at radius 2 is 1.02 bits per heavy atom. The van der Waals surface area contributed by atoms with Crippen molar-refractivity contribution in [2.24, 2.45) is 0 Å². The van der Waals surface area contributed by atoms with Crippen molar-refractivity contribution >= 4 is 40.0 Å². The summed E-state index contributed by atoms with van der Waals surface area (Å²) in [6, 6.07) is 46.7. The van der Waals surface area contributed by atoms with Crippen LogP contribution in [0.2, 0.25) is 12.6 Å². The predicted octanol–water partition coefficient (Wildman–Crippen LogP) is 10.4. The van der Waals surface area contributed by atoms with Gasteiger partial charge in [-0.1, -0.05) is 129 Å². The minimum atomic E-state index is -1.97. The van der Waals surface area contributed by atoms with Crippen LogP contribution in [0.1, 0.15) is 32.6 Å². The van der Waals surface area contributed by atoms with Crippen LogP contribution in [-0.2, 0) is 25.8 Å². The topological polar surface area (TPSA) is 0 Å². The van der Waals surface area contributed by atoms with E-state index in [0.29, 0.717) is 0 Å². The van der Waals surface area contributed by atoms with Gasteiger partial charge in [-0.3, -0.25) is 0 Å². The van der Waals surface area contributed by atoms with Crippen molar-refractivity contribution < 1.29 is 25.8 Å². The van der Waals surface area contributed by atoms with E-state index < -0.39 is 8.07 Å². The average molecular weight is 717 g/mol. The first-order valence-corrected chi connectivity index (χ1v) is 16.9. The average Bonchev–Trinajstić information content (AvgIpc) is 3.62. The van der Waals surface area contributed by atoms with E-state index in [0.717, 1.165) is 0 Å². The maximum Gasteiger partial charge on any atom is 4.00 e. The Hall–Kier alpha value is -2.81. The van der Waals surface area contributed by atoms with Gasteiger partial charge in [0.05, 0.1) is 8.07 Å². The summed E-state index contributed by atoms with van der Waals surface area (Å²) in [6.07, 6.45) is 5.23. The molecule has 41 heavy (non-hydrogen) atoms. The smallest absolute Gasteiger partial charge is 0.358 e. The van der Waals surface area contributed by atoms with Gasteiger partial charge in [0, 0.05) is 0 Å². The van der Waals surface area contributed by atoms with Gasteiger partial charge in [0.1, 0.15) is 0 Å². The molecule has 0 bridgehead atoms. The number of hydrogen-bond donors (Lipinski definition) is 0. The van der Waals surface area contributed by atoms with Gasteiger partial charge in [0.25, 0.3) is 0 Å². The fourth-order valence-electron chi connectivity index (χ4n) is 6.21. The molecule has 0 fully saturated rings. The minimum Gasteiger partial charge on any atom is -0.358 e. The van der Waals surface area contributed by atoms with Gasteiger partial charge in [0.15, 0.2) is 0 Å². The zero-order valence-corrected chi connectivity index (χ0v) is 29.7. The molecule has 6 rings (SSSR count). The second-order valence-corrected chi connectivity index (χ2v) is 15.3. The Bertz CT molecular complexity index is 1540. The molecule has 0 aliphatic rings. The molecule has 0 heterocycles. The summed E-state index contributed by atoms with van der Waals surface area (Å²) in [5.74, 6) is 0. The molecule has 0 aromatic heterocycles. The number of fused-ring (bicyclic) bond motifs is 2. The summed E-state index contributed by atoms with van der Waals surface area (Å²) in [5, 5.41) is 8.67. The maximum atomic E-state index is 2.62. The summed E-state index contributed by atoms with van der Waals surface area (Å²) in [4.78, 5) is 0. The van der Waals surface area contributed by atoms with Gasteiger partial charge in [-0.2, -0.15) is 12.1 Å². The number of benzene rings is 4. The minimum absolute atomic E-state index is 0. The van der Waals surface area contributed by atoms with Crippen LogP contribution in [0.15, 0.2) is 121 Å². The Labute approximate surface area is 268 Å². The Morgan fingerprint density at radius 3 is 1.46 bits per heavy atom. The van der Waals surface area contributed by atoms with E-state index in [2.05, 4.69) is 135 Å². The standard InChI is InChI=1S/C37H36Si.2CH3.Hf/c1-3-4-5-12-23-38(2,32-24-30-19-13-21-34(36(30)26-32)28-15-8-6-9-16-28)33-25-31-20-14-22-35(37(31)27-33)29-17-10-7-11-18-29;;;/h6-11,13-22,24-27H,3-5,12,23H2,1-2H3;2*1H3;/q-2;2*-1;+4. The fraction of sp³-hybridized carbons (Fsp3) is 0.179. The molecule has 0 aliphatic heterocycles. The Morgan fingerprint density at radius 1 is 0.561 bits per heavy atom. The molecule has 0 spiro atoms. The SMILES string of the molecule is CCCCCC[Si](C)(c1cc2c(-c3ccccc3)cccc2[cH-]1)c1cc2c(-c3ccccc3)cccc2[cH-]1.[CH3-].[CH3-].[Hf+4]. The molecule has 6 aromatic carbocycles. The van der Waals surface area contributed by atoms with E-state index in [1.165, 1.54) is 75.5 Å². The van der Waals surface area contributed by atoms with E-state index in [1.54, 1.807) is 10.4 Å². The molecule has 0 N–H and O–H groups in total. The van der Waals surface area contributed by atoms with Crippen LogP contribution in [0.4, 0.5) is 0 Å². The number of hydrogen-bond acceptors (Lipinski definition) is 0. The molecule has 6 aromatic rings. The largest absolute Gasteiger partial charge is 4.00 e. The van der Waals surface area contributed by atoms with Gasteiger partial charge in [0.2, 0.25) is 0 Å². The Balaban J connectivity index is 0.00000154. The van der Waals surface area contributed by atoms with Gasteiger partial charge in [-0.05, 0) is 11.1 Å². The van der Waals surface area contributed by atoms with E-state index in [-0.39, 0.29) is 40.7 Å². The second-order valence-electron chi connectivity index (χ2n) is 11.0. The van der Waals surface area contributed by atoms with Crippen LogP contribution >= 0.6 is 0 Å². The van der Waals surface area contributed by atoms with Crippen molar-refractivity contribution in [1.82, 2.24) is 0 Å². The van der Waals surface area contributed by atoms with Crippen molar-refractivity contribution in [1.29, 1.82) is 0 Å². The molecule has 0 saturated carbocycles. The van der Waals surface area contributed by atoms with Crippen LogP contribution in [0.25, 0.3) is 43.8 Å². The number of unbranched alkanes of at least 4 members (excludes halogenated alkanes) is 3. The molecule has 2 heteroatoms. The first-order chi connectivity index (χ1) is 18.7. The van der Waals surface area contributed by atoms with E-state index in [9.17, 15) is 0 Å². The van der Waals surface area contributed by atoms with E-state index in [1.807, 2.05) is 0 Å². The normalized spacial score (nSPS) is 11.1. The summed E-state index contributed by atoms with van der Waals surface area (Å²) in [7, 11) is -1.97. The summed E-state index contributed by atoms with van der Waals surface area (Å²) < 4.78 is 0. The maximum absolute atomic E-state index is 2.62. The monoisotopic (exact) mass is 718 g/mol. The van der Waals surface area contributed by atoms with Gasteiger partial charge in [-0.15, -0.1) is 68.3 Å². The van der Waals surface area contributed by atoms with Crippen LogP contribution in [0, 0.1) is 14.9 Å².